The van der Waals surface area contributed by atoms with Gasteiger partial charge in [-0.2, -0.15) is 18.3 Å². The molecule has 0 radical (unpaired) electrons. The number of aromatic nitrogens is 2. The lowest BCUT2D eigenvalue weighted by atomic mass is 10.2. The van der Waals surface area contributed by atoms with E-state index in [0.717, 1.165) is 29.2 Å². The zero-order valence-corrected chi connectivity index (χ0v) is 11.5. The van der Waals surface area contributed by atoms with E-state index in [0.29, 0.717) is 17.3 Å². The van der Waals surface area contributed by atoms with Crippen molar-refractivity contribution in [3.05, 3.63) is 46.7 Å². The Kier molecular flexibility index (Phi) is 4.35. The second-order valence-corrected chi connectivity index (χ2v) is 4.64. The van der Waals surface area contributed by atoms with Crippen LogP contribution in [-0.2, 0) is 12.7 Å². The lowest BCUT2D eigenvalue weighted by Gasteiger charge is -2.08. The summed E-state index contributed by atoms with van der Waals surface area (Å²) >= 11 is 6.10. The topological polar surface area (TPSA) is 29.9 Å². The minimum atomic E-state index is -4.41. The predicted molar refractivity (Wildman–Crippen MR) is 71.0 cm³/mol. The van der Waals surface area contributed by atoms with E-state index in [9.17, 15) is 13.2 Å². The van der Waals surface area contributed by atoms with E-state index in [1.54, 1.807) is 18.2 Å². The van der Waals surface area contributed by atoms with Crippen LogP contribution in [0.5, 0.6) is 0 Å². The van der Waals surface area contributed by atoms with Gasteiger partial charge in [-0.25, -0.2) is 4.68 Å². The van der Waals surface area contributed by atoms with Crippen LogP contribution >= 0.6 is 11.6 Å². The molecule has 0 aliphatic heterocycles. The molecule has 0 saturated carbocycles. The molecule has 1 heterocycles. The first-order chi connectivity index (χ1) is 9.41. The molecule has 0 atom stereocenters. The molecule has 0 saturated heterocycles. The van der Waals surface area contributed by atoms with Gasteiger partial charge < -0.3 is 5.32 Å². The Balaban J connectivity index is 2.27. The maximum atomic E-state index is 12.5. The average molecular weight is 304 g/mol. The summed E-state index contributed by atoms with van der Waals surface area (Å²) in [5, 5.41) is 7.21. The van der Waals surface area contributed by atoms with E-state index in [2.05, 4.69) is 10.4 Å². The first-order valence-corrected chi connectivity index (χ1v) is 6.41. The molecule has 0 bridgehead atoms. The van der Waals surface area contributed by atoms with E-state index in [1.165, 1.54) is 0 Å². The third kappa shape index (κ3) is 3.32. The van der Waals surface area contributed by atoms with Crippen LogP contribution in [0.25, 0.3) is 5.69 Å². The lowest BCUT2D eigenvalue weighted by Crippen LogP contribution is -2.11. The fourth-order valence-electron chi connectivity index (χ4n) is 1.72. The highest BCUT2D eigenvalue weighted by Crippen LogP contribution is 2.30. The molecule has 1 aromatic heterocycles. The highest BCUT2D eigenvalue weighted by molar-refractivity contribution is 6.32. The summed E-state index contributed by atoms with van der Waals surface area (Å²) in [4.78, 5) is 0. The Morgan fingerprint density at radius 1 is 1.35 bits per heavy atom. The Labute approximate surface area is 119 Å². The van der Waals surface area contributed by atoms with Crippen LogP contribution in [0.4, 0.5) is 13.2 Å². The first kappa shape index (κ1) is 14.9. The van der Waals surface area contributed by atoms with Crippen LogP contribution in [0.1, 0.15) is 18.1 Å². The minimum absolute atomic E-state index is 0.359. The van der Waals surface area contributed by atoms with E-state index >= 15 is 0 Å². The molecule has 20 heavy (non-hydrogen) atoms. The van der Waals surface area contributed by atoms with Gasteiger partial charge in [0.15, 0.2) is 0 Å². The standard InChI is InChI=1S/C13H13ClF3N3/c1-2-18-6-9-3-4-12(11(14)5-9)20-8-10(7-19-20)13(15,16)17/h3-5,7-8,18H,2,6H2,1H3. The van der Waals surface area contributed by atoms with Crippen molar-refractivity contribution >= 4 is 11.6 Å². The number of benzene rings is 1. The average Bonchev–Trinajstić information content (AvgIpc) is 2.85. The molecule has 0 spiro atoms. The van der Waals surface area contributed by atoms with Gasteiger partial charge in [0, 0.05) is 12.7 Å². The van der Waals surface area contributed by atoms with Gasteiger partial charge in [0.1, 0.15) is 0 Å². The third-order valence-corrected chi connectivity index (χ3v) is 3.05. The maximum Gasteiger partial charge on any atom is 0.419 e. The van der Waals surface area contributed by atoms with Crippen LogP contribution in [0.15, 0.2) is 30.6 Å². The molecule has 0 fully saturated rings. The van der Waals surface area contributed by atoms with Crippen LogP contribution in [0, 0.1) is 0 Å². The summed E-state index contributed by atoms with van der Waals surface area (Å²) in [6.07, 6.45) is -2.70. The fourth-order valence-corrected chi connectivity index (χ4v) is 2.01. The van der Waals surface area contributed by atoms with Crippen molar-refractivity contribution in [3.8, 4) is 5.69 Å². The zero-order valence-electron chi connectivity index (χ0n) is 10.7. The molecule has 7 heteroatoms. The molecule has 0 aliphatic carbocycles. The van der Waals surface area contributed by atoms with Crippen molar-refractivity contribution in [2.24, 2.45) is 0 Å². The van der Waals surface area contributed by atoms with E-state index in [1.807, 2.05) is 6.92 Å². The normalized spacial score (nSPS) is 11.8. The Hall–Kier alpha value is -1.53. The molecule has 3 nitrogen and oxygen atoms in total. The van der Waals surface area contributed by atoms with Crippen molar-refractivity contribution < 1.29 is 13.2 Å². The number of nitrogens with one attached hydrogen (secondary N) is 1. The predicted octanol–water partition coefficient (Wildman–Crippen LogP) is 3.65. The summed E-state index contributed by atoms with van der Waals surface area (Å²) in [5.41, 5.74) is 0.580. The molecule has 2 aromatic rings. The number of alkyl halides is 3. The fraction of sp³-hybridized carbons (Fsp3) is 0.308. The Morgan fingerprint density at radius 2 is 2.10 bits per heavy atom. The summed E-state index contributed by atoms with van der Waals surface area (Å²) in [6, 6.07) is 5.18. The first-order valence-electron chi connectivity index (χ1n) is 6.03. The summed E-state index contributed by atoms with van der Waals surface area (Å²) in [5.74, 6) is 0. The maximum absolute atomic E-state index is 12.5. The quantitative estimate of drug-likeness (QED) is 0.934. The molecular formula is C13H13ClF3N3. The Morgan fingerprint density at radius 3 is 2.65 bits per heavy atom. The second kappa shape index (κ2) is 5.85. The van der Waals surface area contributed by atoms with Crippen molar-refractivity contribution in [2.45, 2.75) is 19.6 Å². The highest BCUT2D eigenvalue weighted by Gasteiger charge is 2.32. The van der Waals surface area contributed by atoms with E-state index in [4.69, 9.17) is 11.6 Å². The molecular weight excluding hydrogens is 291 g/mol. The Bertz CT molecular complexity index is 593. The molecule has 1 N–H and O–H groups in total. The van der Waals surface area contributed by atoms with Crippen LogP contribution < -0.4 is 5.32 Å². The van der Waals surface area contributed by atoms with Gasteiger partial charge in [-0.05, 0) is 24.2 Å². The van der Waals surface area contributed by atoms with Gasteiger partial charge in [0.2, 0.25) is 0 Å². The summed E-state index contributed by atoms with van der Waals surface area (Å²) in [7, 11) is 0. The minimum Gasteiger partial charge on any atom is -0.313 e. The second-order valence-electron chi connectivity index (χ2n) is 4.24. The van der Waals surface area contributed by atoms with Crippen molar-refractivity contribution in [2.75, 3.05) is 6.54 Å². The highest BCUT2D eigenvalue weighted by atomic mass is 35.5. The third-order valence-electron chi connectivity index (χ3n) is 2.75. The monoisotopic (exact) mass is 303 g/mol. The van der Waals surface area contributed by atoms with Crippen molar-refractivity contribution in [3.63, 3.8) is 0 Å². The molecule has 1 aromatic carbocycles. The van der Waals surface area contributed by atoms with Crippen LogP contribution in [-0.4, -0.2) is 16.3 Å². The molecule has 0 aliphatic rings. The van der Waals surface area contributed by atoms with Crippen LogP contribution in [0.3, 0.4) is 0 Å². The number of hydrogen-bond donors (Lipinski definition) is 1. The summed E-state index contributed by atoms with van der Waals surface area (Å²) < 4.78 is 38.7. The summed E-state index contributed by atoms with van der Waals surface area (Å²) in [6.45, 7) is 3.47. The van der Waals surface area contributed by atoms with Gasteiger partial charge in [0.05, 0.1) is 22.5 Å². The molecule has 0 amide bonds. The largest absolute Gasteiger partial charge is 0.419 e. The number of halogens is 4. The van der Waals surface area contributed by atoms with Gasteiger partial charge in [-0.15, -0.1) is 0 Å². The number of hydrogen-bond acceptors (Lipinski definition) is 2. The van der Waals surface area contributed by atoms with Gasteiger partial charge in [-0.3, -0.25) is 0 Å². The van der Waals surface area contributed by atoms with Gasteiger partial charge >= 0.3 is 6.18 Å². The SMILES string of the molecule is CCNCc1ccc(-n2cc(C(F)(F)F)cn2)c(Cl)c1. The lowest BCUT2D eigenvalue weighted by molar-refractivity contribution is -0.137. The number of nitrogens with zero attached hydrogens (tertiary/aromatic N) is 2. The number of rotatable bonds is 4. The van der Waals surface area contributed by atoms with E-state index in [-0.39, 0.29) is 0 Å². The molecule has 2 rings (SSSR count). The smallest absolute Gasteiger partial charge is 0.313 e. The molecule has 108 valence electrons. The van der Waals surface area contributed by atoms with Crippen LogP contribution in [0.2, 0.25) is 5.02 Å². The van der Waals surface area contributed by atoms with E-state index < -0.39 is 11.7 Å². The van der Waals surface area contributed by atoms with Crippen molar-refractivity contribution in [1.82, 2.24) is 15.1 Å². The van der Waals surface area contributed by atoms with Gasteiger partial charge in [0.25, 0.3) is 0 Å². The van der Waals surface area contributed by atoms with Gasteiger partial charge in [-0.1, -0.05) is 24.6 Å². The zero-order chi connectivity index (χ0) is 14.8. The van der Waals surface area contributed by atoms with Crippen molar-refractivity contribution in [1.29, 1.82) is 0 Å². The molecule has 0 unspecified atom stereocenters.